The maximum absolute atomic E-state index is 12.5. The van der Waals surface area contributed by atoms with Gasteiger partial charge in [-0.2, -0.15) is 13.2 Å². The normalized spacial score (nSPS) is 14.6. The van der Waals surface area contributed by atoms with E-state index in [0.29, 0.717) is 42.8 Å². The van der Waals surface area contributed by atoms with E-state index in [1.54, 1.807) is 19.5 Å². The minimum atomic E-state index is -4.48. The highest BCUT2D eigenvalue weighted by atomic mass is 19.4. The summed E-state index contributed by atoms with van der Waals surface area (Å²) < 4.78 is 42.9. The first-order valence-corrected chi connectivity index (χ1v) is 11.9. The zero-order chi connectivity index (χ0) is 26.7. The van der Waals surface area contributed by atoms with Crippen LogP contribution in [0.4, 0.5) is 24.9 Å². The molecule has 1 fully saturated rings. The van der Waals surface area contributed by atoms with Crippen molar-refractivity contribution in [3.63, 3.8) is 0 Å². The lowest BCUT2D eigenvalue weighted by Crippen LogP contribution is -2.49. The van der Waals surface area contributed by atoms with E-state index in [9.17, 15) is 18.0 Å². The van der Waals surface area contributed by atoms with E-state index in [-0.39, 0.29) is 13.1 Å². The highest BCUT2D eigenvalue weighted by molar-refractivity contribution is 5.84. The van der Waals surface area contributed by atoms with E-state index in [0.717, 1.165) is 22.2 Å². The second-order valence-corrected chi connectivity index (χ2v) is 8.88. The number of alkyl halides is 3. The first-order valence-electron chi connectivity index (χ1n) is 11.9. The molecule has 0 spiro atoms. The number of imidazole rings is 1. The fourth-order valence-electron chi connectivity index (χ4n) is 4.36. The van der Waals surface area contributed by atoms with Crippen molar-refractivity contribution < 1.29 is 22.7 Å². The molecule has 2 N–H and O–H groups in total. The Labute approximate surface area is 215 Å². The van der Waals surface area contributed by atoms with Crippen molar-refractivity contribution in [2.75, 3.05) is 38.6 Å². The van der Waals surface area contributed by atoms with Crippen molar-refractivity contribution in [3.8, 4) is 17.0 Å². The molecule has 5 rings (SSSR count). The standard InChI is InChI=1S/C25H25F3N8O2/c1-38-20-13-29-15-31-23(20)17-2-3-18-19(11-17)33-24(32-18)34-21-10-16(4-5-30-21)14-35-6-8-36(9-7-35)22(37)12-25(26,27)28/h2-5,10-11,13,15H,6-9,12,14H2,1H3,(H2,30,32,33,34). The molecule has 1 aromatic carbocycles. The van der Waals surface area contributed by atoms with Crippen LogP contribution in [-0.2, 0) is 11.3 Å². The molecule has 0 aliphatic carbocycles. The van der Waals surface area contributed by atoms with Gasteiger partial charge in [-0.1, -0.05) is 6.07 Å². The van der Waals surface area contributed by atoms with Crippen molar-refractivity contribution in [2.24, 2.45) is 0 Å². The summed E-state index contributed by atoms with van der Waals surface area (Å²) in [6.45, 7) is 2.12. The first kappa shape index (κ1) is 25.4. The summed E-state index contributed by atoms with van der Waals surface area (Å²) in [7, 11) is 1.57. The zero-order valence-corrected chi connectivity index (χ0v) is 20.5. The summed E-state index contributed by atoms with van der Waals surface area (Å²) in [5.74, 6) is 0.813. The number of H-pyrrole nitrogens is 1. The van der Waals surface area contributed by atoms with Crippen LogP contribution in [0.5, 0.6) is 5.75 Å². The van der Waals surface area contributed by atoms with Crippen LogP contribution in [0, 0.1) is 0 Å². The Hall–Kier alpha value is -4.26. The van der Waals surface area contributed by atoms with Crippen LogP contribution in [0.25, 0.3) is 22.3 Å². The number of carbonyl (C=O) groups excluding carboxylic acids is 1. The van der Waals surface area contributed by atoms with Crippen LogP contribution < -0.4 is 10.1 Å². The minimum absolute atomic E-state index is 0.271. The fraction of sp³-hybridized carbons (Fsp3) is 0.320. The molecule has 10 nitrogen and oxygen atoms in total. The lowest BCUT2D eigenvalue weighted by atomic mass is 10.1. The average Bonchev–Trinajstić information content (AvgIpc) is 3.29. The summed E-state index contributed by atoms with van der Waals surface area (Å²) in [4.78, 5) is 35.7. The number of anilines is 2. The highest BCUT2D eigenvalue weighted by Gasteiger charge is 2.34. The third-order valence-corrected chi connectivity index (χ3v) is 6.21. The van der Waals surface area contributed by atoms with Gasteiger partial charge in [0, 0.05) is 44.5 Å². The van der Waals surface area contributed by atoms with E-state index in [1.807, 2.05) is 30.3 Å². The Morgan fingerprint density at radius 1 is 1.13 bits per heavy atom. The van der Waals surface area contributed by atoms with Crippen LogP contribution in [0.3, 0.4) is 0 Å². The van der Waals surface area contributed by atoms with Gasteiger partial charge in [0.15, 0.2) is 5.75 Å². The van der Waals surface area contributed by atoms with E-state index < -0.39 is 18.5 Å². The lowest BCUT2D eigenvalue weighted by molar-refractivity contribution is -0.162. The topological polar surface area (TPSA) is 112 Å². The average molecular weight is 527 g/mol. The quantitative estimate of drug-likeness (QED) is 0.375. The van der Waals surface area contributed by atoms with Crippen molar-refractivity contribution >= 4 is 28.7 Å². The molecular weight excluding hydrogens is 501 g/mol. The summed E-state index contributed by atoms with van der Waals surface area (Å²) in [6.07, 6.45) is -1.14. The van der Waals surface area contributed by atoms with Crippen molar-refractivity contribution in [3.05, 3.63) is 54.6 Å². The Balaban J connectivity index is 1.22. The van der Waals surface area contributed by atoms with Gasteiger partial charge >= 0.3 is 6.18 Å². The summed E-state index contributed by atoms with van der Waals surface area (Å²) in [5, 5.41) is 3.19. The van der Waals surface area contributed by atoms with Gasteiger partial charge in [0.1, 0.15) is 24.3 Å². The number of piperazine rings is 1. The molecular formula is C25H25F3N8O2. The van der Waals surface area contributed by atoms with E-state index in [2.05, 4.69) is 35.1 Å². The summed E-state index contributed by atoms with van der Waals surface area (Å²) in [5.41, 5.74) is 4.07. The molecule has 0 atom stereocenters. The number of benzene rings is 1. The second-order valence-electron chi connectivity index (χ2n) is 8.88. The number of aromatic amines is 1. The molecule has 0 bridgehead atoms. The second kappa shape index (κ2) is 10.6. The molecule has 38 heavy (non-hydrogen) atoms. The number of halogens is 3. The van der Waals surface area contributed by atoms with E-state index in [4.69, 9.17) is 4.74 Å². The van der Waals surface area contributed by atoms with Crippen LogP contribution in [-0.4, -0.2) is 80.1 Å². The molecule has 0 radical (unpaired) electrons. The van der Waals surface area contributed by atoms with Gasteiger partial charge in [-0.15, -0.1) is 0 Å². The lowest BCUT2D eigenvalue weighted by Gasteiger charge is -2.35. The predicted molar refractivity (Wildman–Crippen MR) is 134 cm³/mol. The number of rotatable bonds is 7. The number of carbonyl (C=O) groups is 1. The summed E-state index contributed by atoms with van der Waals surface area (Å²) >= 11 is 0. The molecule has 3 aromatic heterocycles. The number of nitrogens with zero attached hydrogens (tertiary/aromatic N) is 6. The number of pyridine rings is 1. The first-order chi connectivity index (χ1) is 18.3. The van der Waals surface area contributed by atoms with Crippen LogP contribution in [0.1, 0.15) is 12.0 Å². The molecule has 1 saturated heterocycles. The number of hydrogen-bond acceptors (Lipinski definition) is 8. The highest BCUT2D eigenvalue weighted by Crippen LogP contribution is 2.29. The van der Waals surface area contributed by atoms with Crippen molar-refractivity contribution in [2.45, 2.75) is 19.1 Å². The molecule has 13 heteroatoms. The summed E-state index contributed by atoms with van der Waals surface area (Å²) in [6, 6.07) is 9.50. The molecule has 1 aliphatic rings. The monoisotopic (exact) mass is 526 g/mol. The number of fused-ring (bicyclic) bond motifs is 1. The Bertz CT molecular complexity index is 1430. The number of ether oxygens (including phenoxy) is 1. The number of nitrogens with one attached hydrogen (secondary N) is 2. The number of methoxy groups -OCH3 is 1. The molecule has 0 unspecified atom stereocenters. The smallest absolute Gasteiger partial charge is 0.397 e. The van der Waals surface area contributed by atoms with Crippen LogP contribution in [0.2, 0.25) is 0 Å². The van der Waals surface area contributed by atoms with Gasteiger partial charge in [0.25, 0.3) is 0 Å². The predicted octanol–water partition coefficient (Wildman–Crippen LogP) is 3.76. The zero-order valence-electron chi connectivity index (χ0n) is 20.5. The van der Waals surface area contributed by atoms with Crippen molar-refractivity contribution in [1.29, 1.82) is 0 Å². The molecule has 0 saturated carbocycles. The fourth-order valence-corrected chi connectivity index (χ4v) is 4.36. The molecule has 4 aromatic rings. The number of amides is 1. The maximum Gasteiger partial charge on any atom is 0.397 e. The van der Waals surface area contributed by atoms with Gasteiger partial charge in [-0.3, -0.25) is 9.69 Å². The molecule has 4 heterocycles. The molecule has 198 valence electrons. The van der Waals surface area contributed by atoms with Crippen LogP contribution >= 0.6 is 0 Å². The Morgan fingerprint density at radius 3 is 2.71 bits per heavy atom. The van der Waals surface area contributed by atoms with Gasteiger partial charge in [-0.25, -0.2) is 19.9 Å². The van der Waals surface area contributed by atoms with E-state index in [1.165, 1.54) is 11.2 Å². The third kappa shape index (κ3) is 5.99. The SMILES string of the molecule is COc1cncnc1-c1ccc2nc(Nc3cc(CN4CCN(C(=O)CC(F)(F)F)CC4)ccn3)[nH]c2c1. The van der Waals surface area contributed by atoms with Gasteiger partial charge in [-0.05, 0) is 29.8 Å². The largest absolute Gasteiger partial charge is 0.493 e. The molecule has 1 aliphatic heterocycles. The molecule has 1 amide bonds. The van der Waals surface area contributed by atoms with E-state index >= 15 is 0 Å². The minimum Gasteiger partial charge on any atom is -0.493 e. The Kier molecular flexibility index (Phi) is 7.09. The van der Waals surface area contributed by atoms with Crippen LogP contribution in [0.15, 0.2) is 49.1 Å². The number of hydrogen-bond donors (Lipinski definition) is 2. The third-order valence-electron chi connectivity index (χ3n) is 6.21. The van der Waals surface area contributed by atoms with Gasteiger partial charge < -0.3 is 19.9 Å². The Morgan fingerprint density at radius 2 is 1.95 bits per heavy atom. The van der Waals surface area contributed by atoms with Crippen molar-refractivity contribution in [1.82, 2.24) is 34.7 Å². The maximum atomic E-state index is 12.5. The van der Waals surface area contributed by atoms with Gasteiger partial charge in [0.05, 0.1) is 24.3 Å². The van der Waals surface area contributed by atoms with Gasteiger partial charge in [0.2, 0.25) is 11.9 Å². The number of aromatic nitrogens is 5.